The standard InChI is InChI=1S/C18H26N2O2/c1-14(16-7-8-16)20(12-15-5-3-2-4-6-15)18(21)11-17-13-22-10-9-19-17/h2-6,14,16-17,19H,7-13H2,1H3. The van der Waals surface area contributed by atoms with Crippen molar-refractivity contribution in [2.75, 3.05) is 19.8 Å². The average Bonchev–Trinajstić information content (AvgIpc) is 3.39. The van der Waals surface area contributed by atoms with Gasteiger partial charge >= 0.3 is 0 Å². The molecule has 2 unspecified atom stereocenters. The maximum absolute atomic E-state index is 12.8. The summed E-state index contributed by atoms with van der Waals surface area (Å²) in [4.78, 5) is 14.9. The molecule has 1 saturated heterocycles. The first-order valence-electron chi connectivity index (χ1n) is 8.38. The number of carbonyl (C=O) groups is 1. The van der Waals surface area contributed by atoms with Crippen LogP contribution in [0.3, 0.4) is 0 Å². The van der Waals surface area contributed by atoms with Gasteiger partial charge in [0.2, 0.25) is 5.91 Å². The molecule has 2 aliphatic rings. The fraction of sp³-hybridized carbons (Fsp3) is 0.611. The summed E-state index contributed by atoms with van der Waals surface area (Å²) in [6, 6.07) is 10.8. The fourth-order valence-corrected chi connectivity index (χ4v) is 3.15. The van der Waals surface area contributed by atoms with Crippen LogP contribution in [0.15, 0.2) is 30.3 Å². The third kappa shape index (κ3) is 4.08. The number of hydrogen-bond acceptors (Lipinski definition) is 3. The van der Waals surface area contributed by atoms with Gasteiger partial charge in [-0.1, -0.05) is 30.3 Å². The average molecular weight is 302 g/mol. The lowest BCUT2D eigenvalue weighted by Gasteiger charge is -2.32. The first kappa shape index (κ1) is 15.5. The van der Waals surface area contributed by atoms with Gasteiger partial charge in [0.15, 0.2) is 0 Å². The van der Waals surface area contributed by atoms with Crippen LogP contribution in [-0.2, 0) is 16.1 Å². The number of ether oxygens (including phenoxy) is 1. The van der Waals surface area contributed by atoms with Crippen LogP contribution in [0.4, 0.5) is 0 Å². The molecule has 1 aromatic rings. The number of nitrogens with one attached hydrogen (secondary N) is 1. The molecule has 22 heavy (non-hydrogen) atoms. The van der Waals surface area contributed by atoms with Gasteiger partial charge in [0.05, 0.1) is 13.2 Å². The van der Waals surface area contributed by atoms with Gasteiger partial charge in [-0.2, -0.15) is 0 Å². The Morgan fingerprint density at radius 2 is 2.14 bits per heavy atom. The molecule has 2 fully saturated rings. The first-order valence-corrected chi connectivity index (χ1v) is 8.38. The molecule has 1 amide bonds. The van der Waals surface area contributed by atoms with Crippen LogP contribution in [0.1, 0.15) is 31.7 Å². The highest BCUT2D eigenvalue weighted by Crippen LogP contribution is 2.36. The first-order chi connectivity index (χ1) is 10.7. The van der Waals surface area contributed by atoms with Crippen molar-refractivity contribution in [3.8, 4) is 0 Å². The molecule has 0 spiro atoms. The monoisotopic (exact) mass is 302 g/mol. The highest BCUT2D eigenvalue weighted by molar-refractivity contribution is 5.77. The summed E-state index contributed by atoms with van der Waals surface area (Å²) in [6.07, 6.45) is 3.04. The Kier molecular flexibility index (Phi) is 5.11. The summed E-state index contributed by atoms with van der Waals surface area (Å²) in [7, 11) is 0. The summed E-state index contributed by atoms with van der Waals surface area (Å²) in [6.45, 7) is 5.14. The van der Waals surface area contributed by atoms with Crippen LogP contribution in [0.5, 0.6) is 0 Å². The zero-order chi connectivity index (χ0) is 15.4. The zero-order valence-corrected chi connectivity index (χ0v) is 13.3. The van der Waals surface area contributed by atoms with E-state index in [0.717, 1.165) is 13.2 Å². The van der Waals surface area contributed by atoms with E-state index in [9.17, 15) is 4.79 Å². The maximum atomic E-state index is 12.8. The Morgan fingerprint density at radius 3 is 2.77 bits per heavy atom. The number of nitrogens with zero attached hydrogens (tertiary/aromatic N) is 1. The van der Waals surface area contributed by atoms with Crippen LogP contribution >= 0.6 is 0 Å². The molecule has 1 N–H and O–H groups in total. The van der Waals surface area contributed by atoms with Crippen molar-refractivity contribution in [1.82, 2.24) is 10.2 Å². The fourth-order valence-electron chi connectivity index (χ4n) is 3.15. The summed E-state index contributed by atoms with van der Waals surface area (Å²) in [5.74, 6) is 0.925. The van der Waals surface area contributed by atoms with E-state index in [4.69, 9.17) is 4.74 Å². The number of morpholine rings is 1. The van der Waals surface area contributed by atoms with Gasteiger partial charge in [0.25, 0.3) is 0 Å². The second kappa shape index (κ2) is 7.25. The third-order valence-electron chi connectivity index (χ3n) is 4.73. The minimum absolute atomic E-state index is 0.158. The third-order valence-corrected chi connectivity index (χ3v) is 4.73. The van der Waals surface area contributed by atoms with E-state index in [-0.39, 0.29) is 11.9 Å². The van der Waals surface area contributed by atoms with E-state index in [1.54, 1.807) is 0 Å². The predicted molar refractivity (Wildman–Crippen MR) is 86.4 cm³/mol. The molecule has 1 saturated carbocycles. The van der Waals surface area contributed by atoms with Crippen molar-refractivity contribution in [3.05, 3.63) is 35.9 Å². The van der Waals surface area contributed by atoms with Crippen molar-refractivity contribution >= 4 is 5.91 Å². The number of amides is 1. The van der Waals surface area contributed by atoms with E-state index < -0.39 is 0 Å². The van der Waals surface area contributed by atoms with E-state index in [1.165, 1.54) is 18.4 Å². The quantitative estimate of drug-likeness (QED) is 0.876. The van der Waals surface area contributed by atoms with Gasteiger partial charge in [-0.25, -0.2) is 0 Å². The van der Waals surface area contributed by atoms with E-state index >= 15 is 0 Å². The molecule has 1 heterocycles. The highest BCUT2D eigenvalue weighted by Gasteiger charge is 2.34. The summed E-state index contributed by atoms with van der Waals surface area (Å²) in [5.41, 5.74) is 1.20. The molecule has 1 aliphatic carbocycles. The SMILES string of the molecule is CC(C1CC1)N(Cc1ccccc1)C(=O)CC1COCCN1. The molecular formula is C18H26N2O2. The minimum Gasteiger partial charge on any atom is -0.378 e. The number of carbonyl (C=O) groups excluding carboxylic acids is 1. The minimum atomic E-state index is 0.158. The van der Waals surface area contributed by atoms with Gasteiger partial charge in [0, 0.05) is 31.6 Å². The van der Waals surface area contributed by atoms with Crippen LogP contribution in [-0.4, -0.2) is 42.6 Å². The van der Waals surface area contributed by atoms with Gasteiger partial charge in [0.1, 0.15) is 0 Å². The van der Waals surface area contributed by atoms with E-state index in [2.05, 4.69) is 29.3 Å². The lowest BCUT2D eigenvalue weighted by molar-refractivity contribution is -0.135. The maximum Gasteiger partial charge on any atom is 0.224 e. The van der Waals surface area contributed by atoms with Crippen molar-refractivity contribution in [1.29, 1.82) is 0 Å². The molecular weight excluding hydrogens is 276 g/mol. The Balaban J connectivity index is 1.65. The Labute approximate surface area is 132 Å². The van der Waals surface area contributed by atoms with Crippen LogP contribution < -0.4 is 5.32 Å². The summed E-state index contributed by atoms with van der Waals surface area (Å²) >= 11 is 0. The second-order valence-corrected chi connectivity index (χ2v) is 6.52. The topological polar surface area (TPSA) is 41.6 Å². The van der Waals surface area contributed by atoms with Gasteiger partial charge < -0.3 is 15.0 Å². The van der Waals surface area contributed by atoms with Crippen molar-refractivity contribution in [3.63, 3.8) is 0 Å². The number of rotatable bonds is 6. The molecule has 3 rings (SSSR count). The normalized spacial score (nSPS) is 23.0. The van der Waals surface area contributed by atoms with Gasteiger partial charge in [-0.05, 0) is 31.2 Å². The summed E-state index contributed by atoms with van der Waals surface area (Å²) in [5, 5.41) is 3.38. The molecule has 4 heteroatoms. The van der Waals surface area contributed by atoms with Crippen molar-refractivity contribution < 1.29 is 9.53 Å². The molecule has 1 aliphatic heterocycles. The molecule has 0 bridgehead atoms. The largest absolute Gasteiger partial charge is 0.378 e. The Bertz CT molecular complexity index is 481. The van der Waals surface area contributed by atoms with Gasteiger partial charge in [-0.3, -0.25) is 4.79 Å². The van der Waals surface area contributed by atoms with Gasteiger partial charge in [-0.15, -0.1) is 0 Å². The van der Waals surface area contributed by atoms with Crippen molar-refractivity contribution in [2.24, 2.45) is 5.92 Å². The predicted octanol–water partition coefficient (Wildman–Crippen LogP) is 2.19. The van der Waals surface area contributed by atoms with Crippen molar-refractivity contribution in [2.45, 2.75) is 44.8 Å². The molecule has 4 nitrogen and oxygen atoms in total. The molecule has 0 aromatic heterocycles. The Hall–Kier alpha value is -1.39. The number of benzene rings is 1. The van der Waals surface area contributed by atoms with Crippen LogP contribution in [0.25, 0.3) is 0 Å². The molecule has 1 aromatic carbocycles. The smallest absolute Gasteiger partial charge is 0.224 e. The van der Waals surface area contributed by atoms with Crippen LogP contribution in [0.2, 0.25) is 0 Å². The molecule has 120 valence electrons. The molecule has 0 radical (unpaired) electrons. The van der Waals surface area contributed by atoms with E-state index in [1.807, 2.05) is 18.2 Å². The summed E-state index contributed by atoms with van der Waals surface area (Å²) < 4.78 is 5.47. The second-order valence-electron chi connectivity index (χ2n) is 6.52. The molecule has 2 atom stereocenters. The van der Waals surface area contributed by atoms with E-state index in [0.29, 0.717) is 31.5 Å². The number of hydrogen-bond donors (Lipinski definition) is 1. The lowest BCUT2D eigenvalue weighted by Crippen LogP contribution is -2.47. The zero-order valence-electron chi connectivity index (χ0n) is 13.3. The highest BCUT2D eigenvalue weighted by atomic mass is 16.5. The lowest BCUT2D eigenvalue weighted by atomic mass is 10.1. The Morgan fingerprint density at radius 1 is 1.36 bits per heavy atom. The van der Waals surface area contributed by atoms with Crippen LogP contribution in [0, 0.1) is 5.92 Å².